The van der Waals surface area contributed by atoms with Gasteiger partial charge in [0.25, 0.3) is 0 Å². The van der Waals surface area contributed by atoms with Crippen LogP contribution in [0.2, 0.25) is 0 Å². The molecule has 0 unspecified atom stereocenters. The van der Waals surface area contributed by atoms with E-state index in [1.807, 2.05) is 19.1 Å². The van der Waals surface area contributed by atoms with E-state index >= 15 is 0 Å². The summed E-state index contributed by atoms with van der Waals surface area (Å²) < 4.78 is 6.41. The molecule has 2 aliphatic carbocycles. The van der Waals surface area contributed by atoms with Gasteiger partial charge in [-0.3, -0.25) is 14.4 Å². The minimum Gasteiger partial charge on any atom is -0.359 e. The fourth-order valence-corrected chi connectivity index (χ4v) is 6.00. The highest BCUT2D eigenvalue weighted by molar-refractivity contribution is 6.00. The number of carbonyl (C=O) groups excluding carboxylic acids is 3. The molecular formula is C21H29N3O4. The van der Waals surface area contributed by atoms with Gasteiger partial charge in [-0.25, -0.2) is 0 Å². The lowest BCUT2D eigenvalue weighted by atomic mass is 9.70. The van der Waals surface area contributed by atoms with Crippen molar-refractivity contribution in [2.75, 3.05) is 7.05 Å². The molecule has 0 radical (unpaired) electrons. The Kier molecular flexibility index (Phi) is 3.92. The zero-order valence-corrected chi connectivity index (χ0v) is 16.6. The zero-order valence-electron chi connectivity index (χ0n) is 16.6. The van der Waals surface area contributed by atoms with Gasteiger partial charge in [0.15, 0.2) is 0 Å². The lowest BCUT2D eigenvalue weighted by molar-refractivity contribution is -0.145. The van der Waals surface area contributed by atoms with Crippen LogP contribution in [-0.2, 0) is 19.1 Å². The summed E-state index contributed by atoms with van der Waals surface area (Å²) in [7, 11) is 1.58. The smallest absolute Gasteiger partial charge is 0.246 e. The first kappa shape index (κ1) is 18.2. The number of ether oxygens (including phenoxy) is 1. The summed E-state index contributed by atoms with van der Waals surface area (Å²) in [5.74, 6) is -1.67. The van der Waals surface area contributed by atoms with Crippen molar-refractivity contribution in [3.05, 3.63) is 12.2 Å². The summed E-state index contributed by atoms with van der Waals surface area (Å²) in [6.07, 6.45) is 11.0. The van der Waals surface area contributed by atoms with Crippen LogP contribution in [0.15, 0.2) is 12.2 Å². The Bertz CT molecular complexity index is 757. The van der Waals surface area contributed by atoms with Gasteiger partial charge in [0.05, 0.1) is 17.4 Å². The van der Waals surface area contributed by atoms with Crippen LogP contribution >= 0.6 is 0 Å². The number of amides is 3. The van der Waals surface area contributed by atoms with Crippen LogP contribution in [0, 0.1) is 11.8 Å². The van der Waals surface area contributed by atoms with Crippen LogP contribution in [0.1, 0.15) is 51.9 Å². The summed E-state index contributed by atoms with van der Waals surface area (Å²) in [6, 6.07) is -0.434. The summed E-state index contributed by atoms with van der Waals surface area (Å²) in [5, 5.41) is 5.90. The molecule has 152 valence electrons. The van der Waals surface area contributed by atoms with Gasteiger partial charge in [0.1, 0.15) is 11.6 Å². The van der Waals surface area contributed by atoms with Gasteiger partial charge in [-0.1, -0.05) is 31.4 Å². The van der Waals surface area contributed by atoms with Crippen molar-refractivity contribution >= 4 is 17.7 Å². The number of rotatable bonds is 4. The van der Waals surface area contributed by atoms with Crippen molar-refractivity contribution in [2.24, 2.45) is 11.8 Å². The topological polar surface area (TPSA) is 87.7 Å². The molecule has 5 atom stereocenters. The van der Waals surface area contributed by atoms with E-state index in [2.05, 4.69) is 10.6 Å². The first-order valence-corrected chi connectivity index (χ1v) is 10.7. The third-order valence-electron chi connectivity index (χ3n) is 7.40. The fourth-order valence-electron chi connectivity index (χ4n) is 6.00. The highest BCUT2D eigenvalue weighted by atomic mass is 16.5. The van der Waals surface area contributed by atoms with Crippen molar-refractivity contribution in [3.8, 4) is 0 Å². The van der Waals surface area contributed by atoms with E-state index in [9.17, 15) is 14.4 Å². The molecule has 0 aromatic rings. The standard InChI is InChI=1S/C21H29N3O4/c1-20-10-11-21(28-20)15(14(20)17(25)22-2)19(27)24(13-8-9-13)16(21)18(26)23-12-6-4-3-5-7-12/h10-16H,3-9H2,1-2H3,(H,22,25)(H,23,26)/t14-,15+,16-,20-,21-/m1/s1. The molecule has 0 aromatic carbocycles. The molecule has 3 aliphatic heterocycles. The summed E-state index contributed by atoms with van der Waals surface area (Å²) >= 11 is 0. The molecule has 1 spiro atoms. The molecule has 28 heavy (non-hydrogen) atoms. The SMILES string of the molecule is CNC(=O)[C@H]1[C@H]2C(=O)N(C3CC3)[C@H](C(=O)NC3CCCCC3)[C@@]23C=C[C@@]1(C)O3. The van der Waals surface area contributed by atoms with E-state index < -0.39 is 29.1 Å². The van der Waals surface area contributed by atoms with Gasteiger partial charge in [0.2, 0.25) is 17.7 Å². The first-order valence-electron chi connectivity index (χ1n) is 10.7. The Balaban J connectivity index is 1.51. The van der Waals surface area contributed by atoms with Crippen molar-refractivity contribution in [2.45, 2.75) is 81.2 Å². The van der Waals surface area contributed by atoms with E-state index in [1.54, 1.807) is 11.9 Å². The minimum absolute atomic E-state index is 0.0868. The second kappa shape index (κ2) is 6.05. The summed E-state index contributed by atoms with van der Waals surface area (Å²) in [4.78, 5) is 41.4. The lowest BCUT2D eigenvalue weighted by Crippen LogP contribution is -2.57. The fraction of sp³-hybridized carbons (Fsp3) is 0.762. The van der Waals surface area contributed by atoms with Crippen LogP contribution in [-0.4, -0.2) is 59.0 Å². The van der Waals surface area contributed by atoms with Gasteiger partial charge in [-0.15, -0.1) is 0 Å². The molecule has 4 fully saturated rings. The quantitative estimate of drug-likeness (QED) is 0.701. The number of nitrogens with one attached hydrogen (secondary N) is 2. The number of nitrogens with zero attached hydrogens (tertiary/aromatic N) is 1. The predicted octanol–water partition coefficient (Wildman–Crippen LogP) is 0.884. The Labute approximate surface area is 165 Å². The van der Waals surface area contributed by atoms with Gasteiger partial charge in [-0.05, 0) is 32.6 Å². The Morgan fingerprint density at radius 2 is 1.82 bits per heavy atom. The van der Waals surface area contributed by atoms with E-state index in [-0.39, 0.29) is 29.8 Å². The van der Waals surface area contributed by atoms with Crippen LogP contribution in [0.5, 0.6) is 0 Å². The summed E-state index contributed by atoms with van der Waals surface area (Å²) in [6.45, 7) is 1.85. The van der Waals surface area contributed by atoms with Gasteiger partial charge in [0, 0.05) is 19.1 Å². The lowest BCUT2D eigenvalue weighted by Gasteiger charge is -2.34. The average Bonchev–Trinajstić information content (AvgIpc) is 3.35. The van der Waals surface area contributed by atoms with Gasteiger partial charge < -0.3 is 20.3 Å². The molecule has 2 saturated carbocycles. The van der Waals surface area contributed by atoms with E-state index in [1.165, 1.54) is 6.42 Å². The van der Waals surface area contributed by atoms with E-state index in [0.717, 1.165) is 38.5 Å². The predicted molar refractivity (Wildman–Crippen MR) is 101 cm³/mol. The molecule has 0 aromatic heterocycles. The molecule has 3 heterocycles. The van der Waals surface area contributed by atoms with Gasteiger partial charge in [-0.2, -0.15) is 0 Å². The van der Waals surface area contributed by atoms with E-state index in [4.69, 9.17) is 4.74 Å². The molecule has 5 aliphatic rings. The third-order valence-corrected chi connectivity index (χ3v) is 7.40. The Morgan fingerprint density at radius 3 is 2.46 bits per heavy atom. The largest absolute Gasteiger partial charge is 0.359 e. The zero-order chi connectivity index (χ0) is 19.7. The molecule has 2 N–H and O–H groups in total. The van der Waals surface area contributed by atoms with Crippen LogP contribution < -0.4 is 10.6 Å². The number of carbonyl (C=O) groups is 3. The molecular weight excluding hydrogens is 358 g/mol. The molecule has 2 saturated heterocycles. The Hall–Kier alpha value is -1.89. The highest BCUT2D eigenvalue weighted by Crippen LogP contribution is 2.60. The average molecular weight is 387 g/mol. The number of hydrogen-bond donors (Lipinski definition) is 2. The first-order chi connectivity index (χ1) is 13.4. The maximum absolute atomic E-state index is 13.5. The maximum Gasteiger partial charge on any atom is 0.246 e. The molecule has 5 rings (SSSR count). The summed E-state index contributed by atoms with van der Waals surface area (Å²) in [5.41, 5.74) is -1.89. The van der Waals surface area contributed by atoms with Crippen molar-refractivity contribution in [3.63, 3.8) is 0 Å². The van der Waals surface area contributed by atoms with Crippen molar-refractivity contribution in [1.82, 2.24) is 15.5 Å². The Morgan fingerprint density at radius 1 is 1.11 bits per heavy atom. The monoisotopic (exact) mass is 387 g/mol. The van der Waals surface area contributed by atoms with E-state index in [0.29, 0.717) is 0 Å². The van der Waals surface area contributed by atoms with Crippen molar-refractivity contribution < 1.29 is 19.1 Å². The minimum atomic E-state index is -1.04. The molecule has 3 amide bonds. The number of fused-ring (bicyclic) bond motifs is 1. The molecule has 7 heteroatoms. The number of hydrogen-bond acceptors (Lipinski definition) is 4. The van der Waals surface area contributed by atoms with Gasteiger partial charge >= 0.3 is 0 Å². The second-order valence-corrected chi connectivity index (χ2v) is 9.27. The maximum atomic E-state index is 13.5. The van der Waals surface area contributed by atoms with Crippen LogP contribution in [0.3, 0.4) is 0 Å². The molecule has 7 nitrogen and oxygen atoms in total. The van der Waals surface area contributed by atoms with Crippen LogP contribution in [0.25, 0.3) is 0 Å². The van der Waals surface area contributed by atoms with Crippen LogP contribution in [0.4, 0.5) is 0 Å². The van der Waals surface area contributed by atoms with Crippen molar-refractivity contribution in [1.29, 1.82) is 0 Å². The second-order valence-electron chi connectivity index (χ2n) is 9.27. The number of likely N-dealkylation sites (tertiary alicyclic amines) is 1. The molecule has 2 bridgehead atoms. The highest BCUT2D eigenvalue weighted by Gasteiger charge is 2.77. The third kappa shape index (κ3) is 2.34. The normalized spacial score (nSPS) is 42.0.